The van der Waals surface area contributed by atoms with Crippen molar-refractivity contribution < 1.29 is 13.5 Å². The van der Waals surface area contributed by atoms with E-state index in [9.17, 15) is 8.78 Å². The van der Waals surface area contributed by atoms with E-state index in [1.807, 2.05) is 43.3 Å². The van der Waals surface area contributed by atoms with Crippen LogP contribution in [0.5, 0.6) is 0 Å². The normalized spacial score (nSPS) is 12.6. The van der Waals surface area contributed by atoms with Crippen LogP contribution in [0.3, 0.4) is 0 Å². The van der Waals surface area contributed by atoms with Crippen molar-refractivity contribution in [1.82, 2.24) is 0 Å². The summed E-state index contributed by atoms with van der Waals surface area (Å²) in [6.45, 7) is 2.20. The van der Waals surface area contributed by atoms with Gasteiger partial charge in [-0.1, -0.05) is 52.3 Å². The summed E-state index contributed by atoms with van der Waals surface area (Å²) in [6, 6.07) is 14.9. The molecule has 4 heteroatoms. The number of hydrogen-bond acceptors (Lipinski definition) is 1. The van der Waals surface area contributed by atoms with Crippen LogP contribution in [0.15, 0.2) is 53.0 Å². The lowest BCUT2D eigenvalue weighted by Gasteiger charge is -2.19. The third-order valence-electron chi connectivity index (χ3n) is 3.34. The highest BCUT2D eigenvalue weighted by Gasteiger charge is 2.24. The number of rotatable bonds is 6. The molecular weight excluding hydrogens is 338 g/mol. The standard InChI is InChI=1S/C17H17BrF2O/c1-12-9-14(18)7-8-15(12)16(17(19)20)11-21-10-13-5-3-2-4-6-13/h2-9,16-17H,10-11H2,1H3. The second-order valence-electron chi connectivity index (χ2n) is 4.94. The predicted molar refractivity (Wildman–Crippen MR) is 83.7 cm³/mol. The van der Waals surface area contributed by atoms with Crippen LogP contribution in [0.4, 0.5) is 8.78 Å². The Labute approximate surface area is 132 Å². The molecule has 0 aromatic heterocycles. The van der Waals surface area contributed by atoms with Crippen LogP contribution in [0.25, 0.3) is 0 Å². The molecule has 2 aromatic rings. The maximum Gasteiger partial charge on any atom is 0.247 e. The van der Waals surface area contributed by atoms with Gasteiger partial charge in [0.1, 0.15) is 0 Å². The minimum absolute atomic E-state index is 0.00896. The summed E-state index contributed by atoms with van der Waals surface area (Å²) in [4.78, 5) is 0. The van der Waals surface area contributed by atoms with Gasteiger partial charge in [0, 0.05) is 4.47 Å². The third-order valence-corrected chi connectivity index (χ3v) is 3.84. The van der Waals surface area contributed by atoms with Gasteiger partial charge in [-0.25, -0.2) is 8.78 Å². The van der Waals surface area contributed by atoms with Crippen molar-refractivity contribution in [2.24, 2.45) is 0 Å². The molecule has 0 N–H and O–H groups in total. The molecule has 0 spiro atoms. The van der Waals surface area contributed by atoms with E-state index < -0.39 is 12.3 Å². The zero-order valence-corrected chi connectivity index (χ0v) is 13.3. The van der Waals surface area contributed by atoms with Crippen molar-refractivity contribution in [1.29, 1.82) is 0 Å². The maximum atomic E-state index is 13.3. The zero-order valence-electron chi connectivity index (χ0n) is 11.7. The van der Waals surface area contributed by atoms with Gasteiger partial charge in [-0.05, 0) is 35.7 Å². The molecule has 1 atom stereocenters. The lowest BCUT2D eigenvalue weighted by molar-refractivity contribution is 0.0367. The number of ether oxygens (including phenoxy) is 1. The van der Waals surface area contributed by atoms with Crippen molar-refractivity contribution in [2.45, 2.75) is 25.9 Å². The van der Waals surface area contributed by atoms with Crippen molar-refractivity contribution in [2.75, 3.05) is 6.61 Å². The first-order chi connectivity index (χ1) is 10.1. The van der Waals surface area contributed by atoms with Gasteiger partial charge in [-0.15, -0.1) is 0 Å². The summed E-state index contributed by atoms with van der Waals surface area (Å²) >= 11 is 3.35. The Morgan fingerprint density at radius 3 is 2.43 bits per heavy atom. The first kappa shape index (κ1) is 16.1. The zero-order chi connectivity index (χ0) is 15.2. The Hall–Kier alpha value is -1.26. The Morgan fingerprint density at radius 2 is 1.81 bits per heavy atom. The average molecular weight is 355 g/mol. The summed E-state index contributed by atoms with van der Waals surface area (Å²) in [6.07, 6.45) is -2.44. The molecule has 0 radical (unpaired) electrons. The molecule has 0 bridgehead atoms. The third kappa shape index (κ3) is 4.61. The molecule has 21 heavy (non-hydrogen) atoms. The van der Waals surface area contributed by atoms with Crippen LogP contribution < -0.4 is 0 Å². The van der Waals surface area contributed by atoms with E-state index in [0.29, 0.717) is 12.2 Å². The quantitative estimate of drug-likeness (QED) is 0.681. The van der Waals surface area contributed by atoms with Crippen LogP contribution in [0.2, 0.25) is 0 Å². The van der Waals surface area contributed by atoms with E-state index in [1.54, 1.807) is 12.1 Å². The minimum atomic E-state index is -2.44. The molecule has 0 saturated heterocycles. The molecule has 0 saturated carbocycles. The highest BCUT2D eigenvalue weighted by molar-refractivity contribution is 9.10. The summed E-state index contributed by atoms with van der Waals surface area (Å²) < 4.78 is 33.0. The number of alkyl halides is 2. The van der Waals surface area contributed by atoms with Gasteiger partial charge < -0.3 is 4.74 Å². The second kappa shape index (κ2) is 7.66. The summed E-state index contributed by atoms with van der Waals surface area (Å²) in [5, 5.41) is 0. The van der Waals surface area contributed by atoms with Crippen LogP contribution >= 0.6 is 15.9 Å². The monoisotopic (exact) mass is 354 g/mol. The molecule has 1 nitrogen and oxygen atoms in total. The van der Waals surface area contributed by atoms with Crippen LogP contribution in [0.1, 0.15) is 22.6 Å². The van der Waals surface area contributed by atoms with Gasteiger partial charge in [0.25, 0.3) is 0 Å². The second-order valence-corrected chi connectivity index (χ2v) is 5.86. The van der Waals surface area contributed by atoms with E-state index in [-0.39, 0.29) is 6.61 Å². The molecule has 0 amide bonds. The van der Waals surface area contributed by atoms with Gasteiger partial charge in [0.2, 0.25) is 6.43 Å². The fraction of sp³-hybridized carbons (Fsp3) is 0.294. The van der Waals surface area contributed by atoms with Gasteiger partial charge >= 0.3 is 0 Å². The first-order valence-corrected chi connectivity index (χ1v) is 7.53. The molecule has 2 aromatic carbocycles. The summed E-state index contributed by atoms with van der Waals surface area (Å²) in [5.74, 6) is -0.901. The molecule has 0 heterocycles. The van der Waals surface area contributed by atoms with Crippen LogP contribution in [0, 0.1) is 6.92 Å². The molecule has 0 fully saturated rings. The molecule has 0 aliphatic rings. The lowest BCUT2D eigenvalue weighted by Crippen LogP contribution is -2.17. The van der Waals surface area contributed by atoms with E-state index in [4.69, 9.17) is 4.74 Å². The fourth-order valence-electron chi connectivity index (χ4n) is 2.23. The van der Waals surface area contributed by atoms with Gasteiger partial charge in [-0.2, -0.15) is 0 Å². The Kier molecular flexibility index (Phi) is 5.88. The predicted octanol–water partition coefficient (Wildman–Crippen LogP) is 5.32. The van der Waals surface area contributed by atoms with Crippen LogP contribution in [-0.4, -0.2) is 13.0 Å². The van der Waals surface area contributed by atoms with E-state index in [1.165, 1.54) is 0 Å². The molecule has 1 unspecified atom stereocenters. The van der Waals surface area contributed by atoms with E-state index in [2.05, 4.69) is 15.9 Å². The number of halogens is 3. The Balaban J connectivity index is 2.02. The topological polar surface area (TPSA) is 9.23 Å². The molecule has 0 aliphatic carbocycles. The number of aryl methyl sites for hydroxylation is 1. The average Bonchev–Trinajstić information content (AvgIpc) is 2.45. The summed E-state index contributed by atoms with van der Waals surface area (Å²) in [5.41, 5.74) is 2.47. The molecule has 112 valence electrons. The SMILES string of the molecule is Cc1cc(Br)ccc1C(COCc1ccccc1)C(F)F. The van der Waals surface area contributed by atoms with E-state index >= 15 is 0 Å². The highest BCUT2D eigenvalue weighted by atomic mass is 79.9. The minimum Gasteiger partial charge on any atom is -0.376 e. The van der Waals surface area contributed by atoms with Crippen LogP contribution in [-0.2, 0) is 11.3 Å². The molecule has 0 aliphatic heterocycles. The number of hydrogen-bond donors (Lipinski definition) is 0. The summed E-state index contributed by atoms with van der Waals surface area (Å²) in [7, 11) is 0. The van der Waals surface area contributed by atoms with Crippen molar-refractivity contribution in [3.63, 3.8) is 0 Å². The van der Waals surface area contributed by atoms with Gasteiger partial charge in [0.15, 0.2) is 0 Å². The van der Waals surface area contributed by atoms with Crippen molar-refractivity contribution in [3.05, 3.63) is 69.7 Å². The molecular formula is C17H17BrF2O. The molecule has 2 rings (SSSR count). The first-order valence-electron chi connectivity index (χ1n) is 6.74. The maximum absolute atomic E-state index is 13.3. The number of benzene rings is 2. The fourth-order valence-corrected chi connectivity index (χ4v) is 2.71. The largest absolute Gasteiger partial charge is 0.376 e. The smallest absolute Gasteiger partial charge is 0.247 e. The Bertz CT molecular complexity index is 572. The van der Waals surface area contributed by atoms with Gasteiger partial charge in [-0.3, -0.25) is 0 Å². The van der Waals surface area contributed by atoms with Crippen molar-refractivity contribution in [3.8, 4) is 0 Å². The highest BCUT2D eigenvalue weighted by Crippen LogP contribution is 2.28. The van der Waals surface area contributed by atoms with E-state index in [0.717, 1.165) is 15.6 Å². The van der Waals surface area contributed by atoms with Crippen molar-refractivity contribution >= 4 is 15.9 Å². The Morgan fingerprint density at radius 1 is 1.10 bits per heavy atom. The van der Waals surface area contributed by atoms with Gasteiger partial charge in [0.05, 0.1) is 19.1 Å². The lowest BCUT2D eigenvalue weighted by atomic mass is 9.96.